The zero-order valence-electron chi connectivity index (χ0n) is 15.1. The summed E-state index contributed by atoms with van der Waals surface area (Å²) in [6.07, 6.45) is 0.877. The van der Waals surface area contributed by atoms with E-state index < -0.39 is 0 Å². The van der Waals surface area contributed by atoms with Crippen molar-refractivity contribution in [3.63, 3.8) is 0 Å². The van der Waals surface area contributed by atoms with Crippen LogP contribution in [0, 0.1) is 0 Å². The molecule has 0 saturated carbocycles. The summed E-state index contributed by atoms with van der Waals surface area (Å²) < 4.78 is 0. The van der Waals surface area contributed by atoms with Crippen molar-refractivity contribution in [1.82, 2.24) is 4.90 Å². The molecule has 0 radical (unpaired) electrons. The maximum absolute atomic E-state index is 12.4. The second-order valence-corrected chi connectivity index (χ2v) is 6.78. The number of carbonyl (C=O) groups is 2. The third kappa shape index (κ3) is 3.47. The number of rotatable bonds is 4. The van der Waals surface area contributed by atoms with Crippen LogP contribution in [0.15, 0.2) is 72.8 Å². The van der Waals surface area contributed by atoms with Gasteiger partial charge in [-0.05, 0) is 52.9 Å². The number of benzene rings is 3. The molecule has 4 heteroatoms. The number of amides is 2. The molecule has 0 unspecified atom stereocenters. The van der Waals surface area contributed by atoms with Gasteiger partial charge in [-0.1, -0.05) is 48.5 Å². The number of anilines is 1. The van der Waals surface area contributed by atoms with Crippen molar-refractivity contribution in [2.75, 3.05) is 18.9 Å². The molecule has 0 bridgehead atoms. The van der Waals surface area contributed by atoms with Crippen molar-refractivity contribution in [2.45, 2.75) is 6.42 Å². The fourth-order valence-corrected chi connectivity index (χ4v) is 3.51. The lowest BCUT2D eigenvalue weighted by Gasteiger charge is -2.17. The first-order valence-electron chi connectivity index (χ1n) is 8.93. The van der Waals surface area contributed by atoms with Crippen molar-refractivity contribution in [1.29, 1.82) is 0 Å². The summed E-state index contributed by atoms with van der Waals surface area (Å²) in [6, 6.07) is 23.3. The Morgan fingerprint density at radius 3 is 2.41 bits per heavy atom. The number of hydrogen-bond donors (Lipinski definition) is 1. The molecule has 0 heterocycles. The number of carbonyl (C=O) groups excluding carboxylic acids is 2. The molecule has 0 atom stereocenters. The lowest BCUT2D eigenvalue weighted by molar-refractivity contribution is -0.116. The molecule has 134 valence electrons. The minimum Gasteiger partial charge on any atom is -0.332 e. The van der Waals surface area contributed by atoms with Gasteiger partial charge in [0, 0.05) is 18.3 Å². The molecule has 0 fully saturated rings. The monoisotopic (exact) mass is 356 g/mol. The predicted molar refractivity (Wildman–Crippen MR) is 107 cm³/mol. The molecule has 3 aromatic carbocycles. The number of nitrogens with zero attached hydrogens (tertiary/aromatic N) is 1. The minimum atomic E-state index is -0.211. The second-order valence-electron chi connectivity index (χ2n) is 6.78. The van der Waals surface area contributed by atoms with Gasteiger partial charge in [0.1, 0.15) is 0 Å². The summed E-state index contributed by atoms with van der Waals surface area (Å²) in [6.45, 7) is 0.00500. The van der Waals surface area contributed by atoms with E-state index in [1.165, 1.54) is 27.2 Å². The predicted octanol–water partition coefficient (Wildman–Crippen LogP) is 3.97. The molecule has 1 N–H and O–H groups in total. The van der Waals surface area contributed by atoms with E-state index in [9.17, 15) is 9.59 Å². The molecular weight excluding hydrogens is 336 g/mol. The molecule has 2 amide bonds. The standard InChI is InChI=1S/C23H20N2O2/c1-25(23(27)16-7-3-2-4-8-16)15-22(26)24-19-11-12-21-18(14-19)13-17-9-5-6-10-20(17)21/h2-12,14H,13,15H2,1H3,(H,24,26). The summed E-state index contributed by atoms with van der Waals surface area (Å²) in [7, 11) is 1.63. The van der Waals surface area contributed by atoms with E-state index in [2.05, 4.69) is 23.5 Å². The van der Waals surface area contributed by atoms with Crippen LogP contribution in [-0.2, 0) is 11.2 Å². The Balaban J connectivity index is 1.42. The molecule has 1 aliphatic carbocycles. The molecule has 0 saturated heterocycles. The number of likely N-dealkylation sites (N-methyl/N-ethyl adjacent to an activating group) is 1. The minimum absolute atomic E-state index is 0.00500. The quantitative estimate of drug-likeness (QED) is 0.601. The normalized spacial score (nSPS) is 11.4. The molecule has 1 aliphatic rings. The Hall–Kier alpha value is -3.40. The van der Waals surface area contributed by atoms with Gasteiger partial charge < -0.3 is 10.2 Å². The number of nitrogens with one attached hydrogen (secondary N) is 1. The van der Waals surface area contributed by atoms with Gasteiger partial charge in [0.05, 0.1) is 6.54 Å². The maximum Gasteiger partial charge on any atom is 0.254 e. The molecule has 3 aromatic rings. The van der Waals surface area contributed by atoms with Gasteiger partial charge in [-0.25, -0.2) is 0 Å². The Bertz CT molecular complexity index is 1010. The maximum atomic E-state index is 12.4. The first-order valence-corrected chi connectivity index (χ1v) is 8.93. The van der Waals surface area contributed by atoms with Crippen molar-refractivity contribution >= 4 is 17.5 Å². The van der Waals surface area contributed by atoms with Crippen molar-refractivity contribution in [3.05, 3.63) is 89.5 Å². The zero-order valence-corrected chi connectivity index (χ0v) is 15.1. The summed E-state index contributed by atoms with van der Waals surface area (Å²) in [5.74, 6) is -0.382. The van der Waals surface area contributed by atoms with Crippen LogP contribution >= 0.6 is 0 Å². The average molecular weight is 356 g/mol. The lowest BCUT2D eigenvalue weighted by Crippen LogP contribution is -2.34. The van der Waals surface area contributed by atoms with Crippen molar-refractivity contribution in [2.24, 2.45) is 0 Å². The van der Waals surface area contributed by atoms with E-state index in [1.54, 1.807) is 19.2 Å². The highest BCUT2D eigenvalue weighted by Gasteiger charge is 2.19. The lowest BCUT2D eigenvalue weighted by atomic mass is 10.1. The Morgan fingerprint density at radius 2 is 1.59 bits per heavy atom. The first-order chi connectivity index (χ1) is 13.1. The van der Waals surface area contributed by atoms with E-state index in [-0.39, 0.29) is 18.4 Å². The van der Waals surface area contributed by atoms with E-state index in [0.29, 0.717) is 5.56 Å². The van der Waals surface area contributed by atoms with E-state index in [1.807, 2.05) is 42.5 Å². The van der Waals surface area contributed by atoms with Gasteiger partial charge in [-0.3, -0.25) is 9.59 Å². The first kappa shape index (κ1) is 17.0. The average Bonchev–Trinajstić information content (AvgIpc) is 3.05. The Labute approximate surface area is 158 Å². The number of hydrogen-bond acceptors (Lipinski definition) is 2. The highest BCUT2D eigenvalue weighted by molar-refractivity contribution is 5.99. The summed E-state index contributed by atoms with van der Waals surface area (Å²) >= 11 is 0. The smallest absolute Gasteiger partial charge is 0.254 e. The van der Waals surface area contributed by atoms with Gasteiger partial charge in [0.25, 0.3) is 5.91 Å². The SMILES string of the molecule is CN(CC(=O)Nc1ccc2c(c1)Cc1ccccc1-2)C(=O)c1ccccc1. The second kappa shape index (κ2) is 7.08. The van der Waals surface area contributed by atoms with Crippen LogP contribution < -0.4 is 5.32 Å². The third-order valence-corrected chi connectivity index (χ3v) is 4.83. The summed E-state index contributed by atoms with van der Waals surface area (Å²) in [5, 5.41) is 2.90. The summed E-state index contributed by atoms with van der Waals surface area (Å²) in [5.41, 5.74) is 6.33. The van der Waals surface area contributed by atoms with Crippen LogP contribution in [0.1, 0.15) is 21.5 Å². The van der Waals surface area contributed by atoms with Gasteiger partial charge in [0.15, 0.2) is 0 Å². The van der Waals surface area contributed by atoms with E-state index >= 15 is 0 Å². The van der Waals surface area contributed by atoms with Gasteiger partial charge >= 0.3 is 0 Å². The highest BCUT2D eigenvalue weighted by atomic mass is 16.2. The van der Waals surface area contributed by atoms with Crippen LogP contribution in [0.3, 0.4) is 0 Å². The fourth-order valence-electron chi connectivity index (χ4n) is 3.51. The van der Waals surface area contributed by atoms with Crippen LogP contribution in [0.2, 0.25) is 0 Å². The fraction of sp³-hybridized carbons (Fsp3) is 0.130. The van der Waals surface area contributed by atoms with Crippen LogP contribution in [0.4, 0.5) is 5.69 Å². The number of fused-ring (bicyclic) bond motifs is 3. The van der Waals surface area contributed by atoms with E-state index in [4.69, 9.17) is 0 Å². The Kier molecular flexibility index (Phi) is 4.47. The largest absolute Gasteiger partial charge is 0.332 e. The molecule has 0 aliphatic heterocycles. The zero-order chi connectivity index (χ0) is 18.8. The van der Waals surface area contributed by atoms with Gasteiger partial charge in [-0.2, -0.15) is 0 Å². The van der Waals surface area contributed by atoms with Crippen LogP contribution in [0.25, 0.3) is 11.1 Å². The molecule has 0 spiro atoms. The van der Waals surface area contributed by atoms with E-state index in [0.717, 1.165) is 12.1 Å². The van der Waals surface area contributed by atoms with Gasteiger partial charge in [0.2, 0.25) is 5.91 Å². The van der Waals surface area contributed by atoms with Crippen LogP contribution in [0.5, 0.6) is 0 Å². The molecular formula is C23H20N2O2. The summed E-state index contributed by atoms with van der Waals surface area (Å²) in [4.78, 5) is 26.2. The van der Waals surface area contributed by atoms with Crippen LogP contribution in [-0.4, -0.2) is 30.3 Å². The van der Waals surface area contributed by atoms with Crippen molar-refractivity contribution in [3.8, 4) is 11.1 Å². The topological polar surface area (TPSA) is 49.4 Å². The third-order valence-electron chi connectivity index (χ3n) is 4.83. The van der Waals surface area contributed by atoms with Crippen molar-refractivity contribution < 1.29 is 9.59 Å². The molecule has 27 heavy (non-hydrogen) atoms. The molecule has 4 rings (SSSR count). The molecule has 4 nitrogen and oxygen atoms in total. The molecule has 0 aromatic heterocycles. The highest BCUT2D eigenvalue weighted by Crippen LogP contribution is 2.37. The van der Waals surface area contributed by atoms with Gasteiger partial charge in [-0.15, -0.1) is 0 Å². The Morgan fingerprint density at radius 1 is 0.889 bits per heavy atom.